The number of benzene rings is 2. The number of aliphatic hydroxyl groups excluding tert-OH is 1. The molecule has 2 fully saturated rings. The van der Waals surface area contributed by atoms with Crippen LogP contribution < -0.4 is 5.32 Å². The summed E-state index contributed by atoms with van der Waals surface area (Å²) in [6.07, 6.45) is 6.29. The highest BCUT2D eigenvalue weighted by atomic mass is 79.9. The molecule has 3 aliphatic rings. The van der Waals surface area contributed by atoms with Gasteiger partial charge in [-0.1, -0.05) is 46.3 Å². The molecule has 1 unspecified atom stereocenters. The molecular formula is C28H36BrN3O2. The number of nitrogens with zero attached hydrogens (tertiary/aromatic N) is 2. The lowest BCUT2D eigenvalue weighted by Gasteiger charge is -2.42. The smallest absolute Gasteiger partial charge is 0.321 e. The molecule has 2 N–H and O–H groups in total. The number of aryl methyl sites for hydroxylation is 2. The number of rotatable bonds is 4. The number of piperidine rings is 2. The van der Waals surface area contributed by atoms with Crippen molar-refractivity contribution in [2.24, 2.45) is 5.92 Å². The number of hydrogen-bond donors (Lipinski definition) is 2. The summed E-state index contributed by atoms with van der Waals surface area (Å²) in [5, 5.41) is 14.0. The normalized spacial score (nSPS) is 21.4. The summed E-state index contributed by atoms with van der Waals surface area (Å²) in [6, 6.07) is 14.8. The zero-order valence-electron chi connectivity index (χ0n) is 20.1. The summed E-state index contributed by atoms with van der Waals surface area (Å²) < 4.78 is 0.993. The maximum Gasteiger partial charge on any atom is 0.321 e. The highest BCUT2D eigenvalue weighted by Crippen LogP contribution is 2.46. The largest absolute Gasteiger partial charge is 0.392 e. The third-order valence-electron chi connectivity index (χ3n) is 8.51. The Labute approximate surface area is 211 Å². The van der Waals surface area contributed by atoms with Crippen LogP contribution in [0.4, 0.5) is 10.5 Å². The molecule has 0 saturated carbocycles. The second-order valence-electron chi connectivity index (χ2n) is 10.5. The van der Waals surface area contributed by atoms with Crippen molar-refractivity contribution in [3.63, 3.8) is 0 Å². The molecule has 2 saturated heterocycles. The average Bonchev–Trinajstić information content (AvgIpc) is 3.21. The lowest BCUT2D eigenvalue weighted by Crippen LogP contribution is -2.48. The molecule has 0 radical (unpaired) electrons. The Bertz CT molecular complexity index is 1030. The Morgan fingerprint density at radius 2 is 1.85 bits per heavy atom. The Kier molecular flexibility index (Phi) is 7.01. The second-order valence-corrected chi connectivity index (χ2v) is 11.4. The summed E-state index contributed by atoms with van der Waals surface area (Å²) in [7, 11) is 0. The fourth-order valence-electron chi connectivity index (χ4n) is 6.22. The number of anilines is 1. The van der Waals surface area contributed by atoms with Gasteiger partial charge in [0.1, 0.15) is 0 Å². The van der Waals surface area contributed by atoms with Crippen LogP contribution in [0.15, 0.2) is 46.9 Å². The van der Waals surface area contributed by atoms with Crippen LogP contribution in [0.5, 0.6) is 0 Å². The van der Waals surface area contributed by atoms with Gasteiger partial charge in [0, 0.05) is 29.8 Å². The molecule has 2 amide bonds. The predicted octanol–water partition coefficient (Wildman–Crippen LogP) is 5.34. The number of amides is 2. The third-order valence-corrected chi connectivity index (χ3v) is 9.37. The minimum Gasteiger partial charge on any atom is -0.392 e. The van der Waals surface area contributed by atoms with E-state index in [4.69, 9.17) is 0 Å². The molecule has 2 aromatic carbocycles. The Morgan fingerprint density at radius 3 is 2.59 bits per heavy atom. The van der Waals surface area contributed by atoms with Gasteiger partial charge >= 0.3 is 6.03 Å². The molecule has 34 heavy (non-hydrogen) atoms. The van der Waals surface area contributed by atoms with Crippen molar-refractivity contribution in [2.75, 3.05) is 38.0 Å². The van der Waals surface area contributed by atoms with Crippen LogP contribution in [0, 0.1) is 12.8 Å². The van der Waals surface area contributed by atoms with Crippen LogP contribution in [0.2, 0.25) is 0 Å². The van der Waals surface area contributed by atoms with E-state index in [2.05, 4.69) is 50.4 Å². The van der Waals surface area contributed by atoms with Crippen molar-refractivity contribution >= 4 is 27.6 Å². The molecule has 2 heterocycles. The standard InChI is InChI=1S/C28H36BrN3O2/c1-20-6-7-23(18-25(20)29)30-27(34)32-14-9-22(10-15-32)26(33)19-31-16-12-28(13-17-31)11-8-21-4-2-3-5-24(21)28/h2-7,18,22,26,33H,8-17,19H2,1H3,(H,30,34). The summed E-state index contributed by atoms with van der Waals surface area (Å²) in [4.78, 5) is 17.0. The highest BCUT2D eigenvalue weighted by Gasteiger charge is 2.41. The van der Waals surface area contributed by atoms with Gasteiger partial charge in [-0.2, -0.15) is 0 Å². The quantitative estimate of drug-likeness (QED) is 0.566. The van der Waals surface area contributed by atoms with E-state index in [9.17, 15) is 9.90 Å². The lowest BCUT2D eigenvalue weighted by molar-refractivity contribution is 0.0254. The summed E-state index contributed by atoms with van der Waals surface area (Å²) >= 11 is 3.52. The number of carbonyl (C=O) groups excluding carboxylic acids is 1. The number of aliphatic hydroxyl groups is 1. The van der Waals surface area contributed by atoms with Crippen LogP contribution in [0.25, 0.3) is 0 Å². The van der Waals surface area contributed by atoms with Crippen LogP contribution in [0.3, 0.4) is 0 Å². The molecule has 1 aliphatic carbocycles. The summed E-state index contributed by atoms with van der Waals surface area (Å²) in [5.74, 6) is 0.265. The first-order valence-electron chi connectivity index (χ1n) is 12.7. The molecule has 1 atom stereocenters. The first-order chi connectivity index (χ1) is 16.4. The number of urea groups is 1. The first kappa shape index (κ1) is 23.8. The van der Waals surface area contributed by atoms with E-state index in [1.54, 1.807) is 11.1 Å². The van der Waals surface area contributed by atoms with Crippen LogP contribution in [0.1, 0.15) is 48.8 Å². The predicted molar refractivity (Wildman–Crippen MR) is 140 cm³/mol. The van der Waals surface area contributed by atoms with Crippen molar-refractivity contribution in [2.45, 2.75) is 57.0 Å². The molecule has 5 nitrogen and oxygen atoms in total. The zero-order chi connectivity index (χ0) is 23.7. The number of fused-ring (bicyclic) bond motifs is 2. The Hall–Kier alpha value is -1.89. The third kappa shape index (κ3) is 4.91. The van der Waals surface area contributed by atoms with Crippen LogP contribution in [-0.4, -0.2) is 59.8 Å². The number of β-amino-alcohol motifs (C(OH)–C–C–N with tert-alkyl or cyclic N) is 1. The maximum absolute atomic E-state index is 12.7. The van der Waals surface area contributed by atoms with Crippen molar-refractivity contribution in [1.29, 1.82) is 0 Å². The van der Waals surface area contributed by atoms with Crippen molar-refractivity contribution in [1.82, 2.24) is 9.80 Å². The molecule has 0 bridgehead atoms. The molecule has 6 heteroatoms. The van der Waals surface area contributed by atoms with Crippen molar-refractivity contribution < 1.29 is 9.90 Å². The van der Waals surface area contributed by atoms with Gasteiger partial charge in [0.2, 0.25) is 0 Å². The number of hydrogen-bond acceptors (Lipinski definition) is 3. The molecular weight excluding hydrogens is 490 g/mol. The van der Waals surface area contributed by atoms with Gasteiger partial charge in [0.15, 0.2) is 0 Å². The molecule has 2 aliphatic heterocycles. The lowest BCUT2D eigenvalue weighted by atomic mass is 9.73. The van der Waals surface area contributed by atoms with E-state index in [1.165, 1.54) is 25.7 Å². The van der Waals surface area contributed by atoms with Gasteiger partial charge in [-0.3, -0.25) is 0 Å². The monoisotopic (exact) mass is 525 g/mol. The van der Waals surface area contributed by atoms with E-state index in [0.717, 1.165) is 48.2 Å². The fourth-order valence-corrected chi connectivity index (χ4v) is 6.60. The number of nitrogens with one attached hydrogen (secondary N) is 1. The van der Waals surface area contributed by atoms with E-state index in [-0.39, 0.29) is 18.1 Å². The van der Waals surface area contributed by atoms with Crippen molar-refractivity contribution in [3.8, 4) is 0 Å². The van der Waals surface area contributed by atoms with E-state index in [1.807, 2.05) is 30.0 Å². The fraction of sp³-hybridized carbons (Fsp3) is 0.536. The summed E-state index contributed by atoms with van der Waals surface area (Å²) in [5.41, 5.74) is 5.44. The minimum absolute atomic E-state index is 0.0538. The van der Waals surface area contributed by atoms with E-state index < -0.39 is 0 Å². The molecule has 0 aromatic heterocycles. The molecule has 1 spiro atoms. The Morgan fingerprint density at radius 1 is 1.12 bits per heavy atom. The van der Waals surface area contributed by atoms with Gasteiger partial charge in [0.25, 0.3) is 0 Å². The van der Waals surface area contributed by atoms with Gasteiger partial charge < -0.3 is 20.2 Å². The van der Waals surface area contributed by atoms with Gasteiger partial charge in [-0.25, -0.2) is 4.79 Å². The van der Waals surface area contributed by atoms with Gasteiger partial charge in [-0.05, 0) is 98.7 Å². The van der Waals surface area contributed by atoms with E-state index in [0.29, 0.717) is 18.5 Å². The zero-order valence-corrected chi connectivity index (χ0v) is 21.7. The molecule has 2 aromatic rings. The SMILES string of the molecule is Cc1ccc(NC(=O)N2CCC(C(O)CN3CCC4(CCc5ccccc54)CC3)CC2)cc1Br. The van der Waals surface area contributed by atoms with Crippen molar-refractivity contribution in [3.05, 3.63) is 63.6 Å². The number of likely N-dealkylation sites (tertiary alicyclic amines) is 2. The minimum atomic E-state index is -0.317. The summed E-state index contributed by atoms with van der Waals surface area (Å²) in [6.45, 7) is 6.31. The second kappa shape index (κ2) is 10.00. The average molecular weight is 527 g/mol. The van der Waals surface area contributed by atoms with Crippen LogP contribution >= 0.6 is 15.9 Å². The molecule has 5 rings (SSSR count). The maximum atomic E-state index is 12.7. The number of carbonyl (C=O) groups is 1. The molecule has 182 valence electrons. The van der Waals surface area contributed by atoms with Gasteiger partial charge in [-0.15, -0.1) is 0 Å². The van der Waals surface area contributed by atoms with Crippen LogP contribution in [-0.2, 0) is 11.8 Å². The Balaban J connectivity index is 1.08. The van der Waals surface area contributed by atoms with E-state index >= 15 is 0 Å². The first-order valence-corrected chi connectivity index (χ1v) is 13.5. The number of halogens is 1. The topological polar surface area (TPSA) is 55.8 Å². The highest BCUT2D eigenvalue weighted by molar-refractivity contribution is 9.10. The van der Waals surface area contributed by atoms with Gasteiger partial charge in [0.05, 0.1) is 6.10 Å².